The number of carbonyl (C=O) groups excluding carboxylic acids is 3. The lowest BCUT2D eigenvalue weighted by atomic mass is 9.98. The summed E-state index contributed by atoms with van der Waals surface area (Å²) in [6.45, 7) is 5.02. The second-order valence-corrected chi connectivity index (χ2v) is 19.4. The van der Waals surface area contributed by atoms with Crippen LogP contribution in [0.2, 0.25) is 0 Å². The number of aryl methyl sites for hydroxylation is 1. The first-order chi connectivity index (χ1) is 23.5. The Labute approximate surface area is 298 Å². The molecule has 0 aliphatic carbocycles. The van der Waals surface area contributed by atoms with E-state index in [4.69, 9.17) is 14.0 Å². The third-order valence-electron chi connectivity index (χ3n) is 8.66. The van der Waals surface area contributed by atoms with Gasteiger partial charge in [0.15, 0.2) is 12.9 Å². The number of amides is 1. The summed E-state index contributed by atoms with van der Waals surface area (Å²) in [5.74, 6) is 0.450. The first-order valence-corrected chi connectivity index (χ1v) is 20.8. The Hall–Kier alpha value is -3.04. The molecule has 3 aromatic carbocycles. The van der Waals surface area contributed by atoms with Crippen LogP contribution in [0, 0.1) is 5.41 Å². The lowest BCUT2D eigenvalue weighted by Crippen LogP contribution is -2.43. The van der Waals surface area contributed by atoms with Crippen LogP contribution in [0.3, 0.4) is 0 Å². The molecule has 0 saturated carbocycles. The highest BCUT2D eigenvalue weighted by Gasteiger charge is 2.52. The summed E-state index contributed by atoms with van der Waals surface area (Å²) in [6, 6.07) is 28.3. The van der Waals surface area contributed by atoms with Gasteiger partial charge in [-0.1, -0.05) is 91.0 Å². The smallest absolute Gasteiger partial charge is 0.329 e. The van der Waals surface area contributed by atoms with Crippen molar-refractivity contribution in [3.63, 3.8) is 0 Å². The maximum absolute atomic E-state index is 14.4. The summed E-state index contributed by atoms with van der Waals surface area (Å²) in [5, 5.41) is 0. The van der Waals surface area contributed by atoms with Crippen LogP contribution in [0.5, 0.6) is 0 Å². The van der Waals surface area contributed by atoms with Crippen LogP contribution < -0.4 is 0 Å². The predicted molar refractivity (Wildman–Crippen MR) is 197 cm³/mol. The van der Waals surface area contributed by atoms with Gasteiger partial charge in [0.05, 0.1) is 9.49 Å². The van der Waals surface area contributed by atoms with Gasteiger partial charge >= 0.3 is 11.9 Å². The predicted octanol–water partition coefficient (Wildman–Crippen LogP) is 7.96. The molecule has 2 saturated heterocycles. The van der Waals surface area contributed by atoms with Gasteiger partial charge in [-0.15, -0.1) is 23.5 Å². The van der Waals surface area contributed by atoms with E-state index in [2.05, 4.69) is 0 Å². The molecule has 1 unspecified atom stereocenters. The number of esters is 2. The molecular weight excluding hydrogens is 678 g/mol. The first-order valence-electron chi connectivity index (χ1n) is 16.8. The largest absolute Gasteiger partial charge is 0.451 e. The van der Waals surface area contributed by atoms with Crippen LogP contribution in [0.25, 0.3) is 0 Å². The first kappa shape index (κ1) is 37.2. The zero-order valence-electron chi connectivity index (χ0n) is 28.5. The number of rotatable bonds is 14. The van der Waals surface area contributed by atoms with E-state index in [0.29, 0.717) is 19.4 Å². The van der Waals surface area contributed by atoms with Crippen LogP contribution in [-0.2, 0) is 39.4 Å². The van der Waals surface area contributed by atoms with Gasteiger partial charge in [-0.2, -0.15) is 0 Å². The zero-order valence-corrected chi connectivity index (χ0v) is 31.0. The van der Waals surface area contributed by atoms with E-state index in [1.807, 2.05) is 91.0 Å². The molecule has 0 bridgehead atoms. The highest BCUT2D eigenvalue weighted by molar-refractivity contribution is 8.21. The summed E-state index contributed by atoms with van der Waals surface area (Å²) in [4.78, 5) is 42.3. The summed E-state index contributed by atoms with van der Waals surface area (Å²) in [5.41, 5.74) is 2.07. The summed E-state index contributed by atoms with van der Waals surface area (Å²) in [7, 11) is -3.61. The molecule has 5 rings (SSSR count). The average molecular weight is 724 g/mol. The minimum atomic E-state index is -3.61. The fourth-order valence-corrected chi connectivity index (χ4v) is 11.2. The molecule has 2 aliphatic rings. The number of unbranched alkanes of at least 4 members (excludes halogenated alkanes) is 1. The van der Waals surface area contributed by atoms with Gasteiger partial charge in [0.2, 0.25) is 13.3 Å². The monoisotopic (exact) mass is 723 g/mol. The van der Waals surface area contributed by atoms with Gasteiger partial charge in [0.1, 0.15) is 12.2 Å². The van der Waals surface area contributed by atoms with Crippen LogP contribution >= 0.6 is 30.9 Å². The molecule has 2 fully saturated rings. The van der Waals surface area contributed by atoms with E-state index >= 15 is 0 Å². The van der Waals surface area contributed by atoms with Gasteiger partial charge in [-0.05, 0) is 56.7 Å². The highest BCUT2D eigenvalue weighted by Crippen LogP contribution is 2.54. The number of likely N-dealkylation sites (tertiary alicyclic amines) is 1. The van der Waals surface area contributed by atoms with Gasteiger partial charge < -0.3 is 14.4 Å². The van der Waals surface area contributed by atoms with E-state index in [1.54, 1.807) is 49.2 Å². The number of benzene rings is 3. The highest BCUT2D eigenvalue weighted by atomic mass is 32.2. The Morgan fingerprint density at radius 2 is 1.45 bits per heavy atom. The molecule has 2 atom stereocenters. The summed E-state index contributed by atoms with van der Waals surface area (Å²) in [6.07, 6.45) is 1.67. The molecule has 49 heavy (non-hydrogen) atoms. The fourth-order valence-electron chi connectivity index (χ4n) is 6.00. The number of hydrogen-bond donors (Lipinski definition) is 0. The molecule has 2 heterocycles. The molecule has 1 amide bonds. The third-order valence-corrected chi connectivity index (χ3v) is 14.4. The lowest BCUT2D eigenvalue weighted by Gasteiger charge is -2.28. The summed E-state index contributed by atoms with van der Waals surface area (Å²) < 4.78 is 31.4. The number of nitrogens with zero attached hydrogens (tertiary/aromatic N) is 1. The molecule has 262 valence electrons. The van der Waals surface area contributed by atoms with Crippen molar-refractivity contribution in [3.05, 3.63) is 108 Å². The second-order valence-electron chi connectivity index (χ2n) is 13.6. The second kappa shape index (κ2) is 16.8. The van der Waals surface area contributed by atoms with Crippen molar-refractivity contribution in [2.45, 2.75) is 62.7 Å². The Morgan fingerprint density at radius 3 is 2.02 bits per heavy atom. The number of carbonyl (C=O) groups is 3. The normalized spacial score (nSPS) is 18.4. The van der Waals surface area contributed by atoms with E-state index < -0.39 is 49.6 Å². The van der Waals surface area contributed by atoms with Crippen LogP contribution in [0.15, 0.2) is 91.0 Å². The van der Waals surface area contributed by atoms with E-state index in [1.165, 1.54) is 5.56 Å². The molecule has 1 spiro atoms. The Balaban J connectivity index is 1.33. The van der Waals surface area contributed by atoms with E-state index in [9.17, 15) is 18.9 Å². The molecule has 2 aliphatic heterocycles. The lowest BCUT2D eigenvalue weighted by molar-refractivity contribution is -0.159. The minimum Gasteiger partial charge on any atom is -0.451 e. The molecule has 0 radical (unpaired) electrons. The van der Waals surface area contributed by atoms with Gasteiger partial charge in [-0.25, -0.2) is 4.79 Å². The summed E-state index contributed by atoms with van der Waals surface area (Å²) >= 11 is 3.52. The topological polar surface area (TPSA) is 99.2 Å². The van der Waals surface area contributed by atoms with Crippen molar-refractivity contribution in [1.29, 1.82) is 0 Å². The number of thioether (sulfide) groups is 2. The molecule has 8 nitrogen and oxygen atoms in total. The number of hydrogen-bond acceptors (Lipinski definition) is 9. The van der Waals surface area contributed by atoms with Crippen LogP contribution in [-0.4, -0.2) is 70.0 Å². The molecule has 3 aromatic rings. The maximum atomic E-state index is 14.4. The average Bonchev–Trinajstić information content (AvgIpc) is 3.73. The van der Waals surface area contributed by atoms with Crippen molar-refractivity contribution in [2.24, 2.45) is 5.41 Å². The minimum absolute atomic E-state index is 0.153. The molecule has 0 aromatic heterocycles. The van der Waals surface area contributed by atoms with Crippen LogP contribution in [0.4, 0.5) is 0 Å². The van der Waals surface area contributed by atoms with Crippen molar-refractivity contribution in [1.82, 2.24) is 4.90 Å². The quantitative estimate of drug-likeness (QED) is 0.0710. The van der Waals surface area contributed by atoms with Crippen molar-refractivity contribution >= 4 is 48.7 Å². The van der Waals surface area contributed by atoms with Gasteiger partial charge in [0.25, 0.3) is 0 Å². The fraction of sp³-hybridized carbons (Fsp3) is 0.447. The zero-order chi connectivity index (χ0) is 34.9. The Kier molecular flexibility index (Phi) is 12.7. The number of ether oxygens (including phenoxy) is 2. The van der Waals surface area contributed by atoms with E-state index in [0.717, 1.165) is 35.5 Å². The standard InChI is InChI=1S/C38H46NO7PS2/c1-37(2,3)36(42)44-28-45-47(43,22-14-13-17-29-15-7-4-8-16-29)26-33(40)39-27-38(48-23-24-49-38)25-32(39)35(41)46-34(30-18-9-5-10-19-30)31-20-11-6-12-21-31/h4-12,15-16,18-21,32,34H,13-14,17,22-28H2,1-3H3/t32-,47?/m0/s1. The molecule has 11 heteroatoms. The molecule has 0 N–H and O–H groups in total. The van der Waals surface area contributed by atoms with Crippen molar-refractivity contribution in [3.8, 4) is 0 Å². The third kappa shape index (κ3) is 10.3. The van der Waals surface area contributed by atoms with Crippen molar-refractivity contribution < 1.29 is 32.9 Å². The van der Waals surface area contributed by atoms with Gasteiger partial charge in [-0.3, -0.25) is 18.7 Å². The molecular formula is C38H46NO7PS2. The SMILES string of the molecule is CC(C)(C)C(=O)OCOP(=O)(CCCCc1ccccc1)CC(=O)N1CC2(C[C@H]1C(=O)OC(c1ccccc1)c1ccccc1)SCCS2. The van der Waals surface area contributed by atoms with Crippen LogP contribution in [0.1, 0.15) is 62.8 Å². The van der Waals surface area contributed by atoms with Gasteiger partial charge in [0, 0.05) is 30.6 Å². The van der Waals surface area contributed by atoms with Crippen molar-refractivity contribution in [2.75, 3.05) is 37.2 Å². The Bertz CT molecular complexity index is 1560. The van der Waals surface area contributed by atoms with E-state index in [-0.39, 0.29) is 16.4 Å². The Morgan fingerprint density at radius 1 is 0.878 bits per heavy atom. The maximum Gasteiger partial charge on any atom is 0.329 e.